The summed E-state index contributed by atoms with van der Waals surface area (Å²) in [6, 6.07) is 16.0. The maximum Gasteiger partial charge on any atom is 0.300 e. The van der Waals surface area contributed by atoms with E-state index in [9.17, 15) is 14.7 Å². The van der Waals surface area contributed by atoms with Gasteiger partial charge in [0, 0.05) is 15.7 Å². The fourth-order valence-electron chi connectivity index (χ4n) is 3.32. The minimum absolute atomic E-state index is 0.0249. The number of hydrogen-bond acceptors (Lipinski definition) is 5. The van der Waals surface area contributed by atoms with Crippen molar-refractivity contribution >= 4 is 39.1 Å². The highest BCUT2D eigenvalue weighted by Crippen LogP contribution is 2.42. The molecule has 2 heterocycles. The lowest BCUT2D eigenvalue weighted by Gasteiger charge is -2.23. The number of carbonyl (C=O) groups is 2. The molecule has 1 fully saturated rings. The van der Waals surface area contributed by atoms with E-state index >= 15 is 0 Å². The molecule has 1 aliphatic heterocycles. The maximum absolute atomic E-state index is 12.9. The van der Waals surface area contributed by atoms with Gasteiger partial charge in [0.25, 0.3) is 11.7 Å². The fraction of sp³-hybridized carbons (Fsp3) is 0.0909. The number of nitrogens with zero attached hydrogens (tertiary/aromatic N) is 1. The lowest BCUT2D eigenvalue weighted by molar-refractivity contribution is -0.132. The molecule has 3 aromatic rings. The number of hydrogen-bond donors (Lipinski definition) is 1. The number of halogens is 1. The van der Waals surface area contributed by atoms with Crippen LogP contribution in [0.1, 0.15) is 17.4 Å². The van der Waals surface area contributed by atoms with Crippen LogP contribution in [0.3, 0.4) is 0 Å². The van der Waals surface area contributed by atoms with Crippen LogP contribution in [0.5, 0.6) is 5.75 Å². The number of carbonyl (C=O) groups excluding carboxylic acids is 2. The first-order valence-corrected chi connectivity index (χ1v) is 9.55. The number of anilines is 1. The molecule has 1 aromatic heterocycles. The summed E-state index contributed by atoms with van der Waals surface area (Å²) in [6.07, 6.45) is 1.46. The van der Waals surface area contributed by atoms with E-state index in [1.54, 1.807) is 67.8 Å². The standard InChI is InChI=1S/C22H16BrNO5/c1-28-16-10-8-15(9-11-16)24-19(17-3-2-12-29-17)18(21(26)22(24)27)20(25)13-4-6-14(23)7-5-13/h2-12,19,25H,1H3/b20-18-. The van der Waals surface area contributed by atoms with Crippen LogP contribution in [0.2, 0.25) is 0 Å². The first-order valence-electron chi connectivity index (χ1n) is 8.75. The Kier molecular flexibility index (Phi) is 4.98. The molecule has 4 rings (SSSR count). The van der Waals surface area contributed by atoms with E-state index in [1.807, 2.05) is 0 Å². The summed E-state index contributed by atoms with van der Waals surface area (Å²) >= 11 is 3.34. The first kappa shape index (κ1) is 19.0. The average molecular weight is 454 g/mol. The number of ether oxygens (including phenoxy) is 1. The fourth-order valence-corrected chi connectivity index (χ4v) is 3.59. The number of aliphatic hydroxyl groups is 1. The molecule has 6 nitrogen and oxygen atoms in total. The molecule has 0 bridgehead atoms. The molecule has 146 valence electrons. The lowest BCUT2D eigenvalue weighted by Crippen LogP contribution is -2.29. The molecular formula is C22H16BrNO5. The Balaban J connectivity index is 1.88. The number of ketones is 1. The van der Waals surface area contributed by atoms with Crippen molar-refractivity contribution < 1.29 is 23.8 Å². The van der Waals surface area contributed by atoms with Gasteiger partial charge in [-0.25, -0.2) is 0 Å². The van der Waals surface area contributed by atoms with Crippen molar-refractivity contribution in [1.29, 1.82) is 0 Å². The molecule has 2 aromatic carbocycles. The van der Waals surface area contributed by atoms with Gasteiger partial charge in [0.15, 0.2) is 0 Å². The van der Waals surface area contributed by atoms with Gasteiger partial charge in [0.1, 0.15) is 23.3 Å². The van der Waals surface area contributed by atoms with Gasteiger partial charge in [-0.3, -0.25) is 14.5 Å². The third-order valence-electron chi connectivity index (χ3n) is 4.73. The van der Waals surface area contributed by atoms with E-state index in [1.165, 1.54) is 11.2 Å². The quantitative estimate of drug-likeness (QED) is 0.352. The van der Waals surface area contributed by atoms with Gasteiger partial charge in [0.05, 0.1) is 18.9 Å². The molecule has 29 heavy (non-hydrogen) atoms. The molecule has 0 saturated carbocycles. The van der Waals surface area contributed by atoms with Crippen molar-refractivity contribution in [3.63, 3.8) is 0 Å². The minimum atomic E-state index is -0.887. The zero-order chi connectivity index (χ0) is 20.5. The summed E-state index contributed by atoms with van der Waals surface area (Å²) in [7, 11) is 1.54. The Morgan fingerprint density at radius 3 is 2.34 bits per heavy atom. The normalized spacial score (nSPS) is 18.3. The van der Waals surface area contributed by atoms with Crippen LogP contribution in [0.4, 0.5) is 5.69 Å². The summed E-state index contributed by atoms with van der Waals surface area (Å²) in [5, 5.41) is 10.9. The van der Waals surface area contributed by atoms with Crippen molar-refractivity contribution in [2.45, 2.75) is 6.04 Å². The topological polar surface area (TPSA) is 80.0 Å². The Labute approximate surface area is 175 Å². The lowest BCUT2D eigenvalue weighted by atomic mass is 9.99. The third kappa shape index (κ3) is 3.34. The van der Waals surface area contributed by atoms with E-state index in [4.69, 9.17) is 9.15 Å². The van der Waals surface area contributed by atoms with E-state index < -0.39 is 17.7 Å². The monoisotopic (exact) mass is 453 g/mol. The Morgan fingerprint density at radius 1 is 1.07 bits per heavy atom. The highest BCUT2D eigenvalue weighted by Gasteiger charge is 2.48. The maximum atomic E-state index is 12.9. The largest absolute Gasteiger partial charge is 0.507 e. The summed E-state index contributed by atoms with van der Waals surface area (Å²) in [4.78, 5) is 27.2. The number of methoxy groups -OCH3 is 1. The van der Waals surface area contributed by atoms with Crippen LogP contribution in [-0.2, 0) is 9.59 Å². The number of aliphatic hydroxyl groups excluding tert-OH is 1. The number of benzene rings is 2. The smallest absolute Gasteiger partial charge is 0.300 e. The summed E-state index contributed by atoms with van der Waals surface area (Å²) in [5.74, 6) is -0.778. The molecule has 0 spiro atoms. The van der Waals surface area contributed by atoms with E-state index in [0.717, 1.165) is 4.47 Å². The second kappa shape index (κ2) is 7.60. The molecule has 1 saturated heterocycles. The molecule has 1 unspecified atom stereocenters. The summed E-state index contributed by atoms with van der Waals surface area (Å²) < 4.78 is 11.5. The van der Waals surface area contributed by atoms with Crippen LogP contribution in [-0.4, -0.2) is 23.9 Å². The molecule has 1 aliphatic rings. The van der Waals surface area contributed by atoms with Gasteiger partial charge in [-0.15, -0.1) is 0 Å². The zero-order valence-corrected chi connectivity index (χ0v) is 16.9. The van der Waals surface area contributed by atoms with Crippen LogP contribution < -0.4 is 9.64 Å². The van der Waals surface area contributed by atoms with Crippen molar-refractivity contribution in [2.75, 3.05) is 12.0 Å². The van der Waals surface area contributed by atoms with Gasteiger partial charge in [-0.1, -0.05) is 28.1 Å². The molecular weight excluding hydrogens is 438 g/mol. The van der Waals surface area contributed by atoms with Crippen LogP contribution in [0.15, 0.2) is 81.4 Å². The van der Waals surface area contributed by atoms with Gasteiger partial charge < -0.3 is 14.3 Å². The minimum Gasteiger partial charge on any atom is -0.507 e. The number of Topliss-reactive ketones (excluding diaryl/α,β-unsaturated/α-hetero) is 1. The van der Waals surface area contributed by atoms with Gasteiger partial charge in [0.2, 0.25) is 0 Å². The Hall–Kier alpha value is -3.32. The molecule has 7 heteroatoms. The van der Waals surface area contributed by atoms with Crippen molar-refractivity contribution in [1.82, 2.24) is 0 Å². The van der Waals surface area contributed by atoms with Crippen LogP contribution >= 0.6 is 15.9 Å². The predicted octanol–water partition coefficient (Wildman–Crippen LogP) is 4.68. The van der Waals surface area contributed by atoms with Crippen molar-refractivity contribution in [2.24, 2.45) is 0 Å². The second-order valence-electron chi connectivity index (χ2n) is 6.39. The number of furan rings is 1. The molecule has 0 aliphatic carbocycles. The SMILES string of the molecule is COc1ccc(N2C(=O)C(=O)/C(=C(\O)c3ccc(Br)cc3)C2c2ccco2)cc1. The molecule has 1 amide bonds. The van der Waals surface area contributed by atoms with Crippen LogP contribution in [0.25, 0.3) is 5.76 Å². The summed E-state index contributed by atoms with van der Waals surface area (Å²) in [6.45, 7) is 0. The molecule has 0 radical (unpaired) electrons. The third-order valence-corrected chi connectivity index (χ3v) is 5.25. The average Bonchev–Trinajstić information content (AvgIpc) is 3.35. The van der Waals surface area contributed by atoms with Crippen molar-refractivity contribution in [3.8, 4) is 5.75 Å². The Bertz CT molecular complexity index is 1090. The molecule has 1 N–H and O–H groups in total. The van der Waals surface area contributed by atoms with Crippen LogP contribution in [0, 0.1) is 0 Å². The van der Waals surface area contributed by atoms with Crippen molar-refractivity contribution in [3.05, 3.63) is 88.3 Å². The first-order chi connectivity index (χ1) is 14.0. The molecule has 1 atom stereocenters. The Morgan fingerprint density at radius 2 is 1.76 bits per heavy atom. The predicted molar refractivity (Wildman–Crippen MR) is 111 cm³/mol. The van der Waals surface area contributed by atoms with E-state index in [0.29, 0.717) is 22.8 Å². The highest BCUT2D eigenvalue weighted by atomic mass is 79.9. The van der Waals surface area contributed by atoms with Gasteiger partial charge >= 0.3 is 0 Å². The highest BCUT2D eigenvalue weighted by molar-refractivity contribution is 9.10. The van der Waals surface area contributed by atoms with Gasteiger partial charge in [-0.05, 0) is 48.5 Å². The zero-order valence-electron chi connectivity index (χ0n) is 15.3. The second-order valence-corrected chi connectivity index (χ2v) is 7.31. The number of amides is 1. The van der Waals surface area contributed by atoms with Gasteiger partial charge in [-0.2, -0.15) is 0 Å². The van der Waals surface area contributed by atoms with E-state index in [-0.39, 0.29) is 11.3 Å². The van der Waals surface area contributed by atoms with E-state index in [2.05, 4.69) is 15.9 Å². The number of rotatable bonds is 4. The summed E-state index contributed by atoms with van der Waals surface area (Å²) in [5.41, 5.74) is 0.893.